The molecule has 106 valence electrons. The second kappa shape index (κ2) is 7.63. The molecule has 0 unspecified atom stereocenters. The van der Waals surface area contributed by atoms with Crippen LogP contribution in [0.1, 0.15) is 17.5 Å². The summed E-state index contributed by atoms with van der Waals surface area (Å²) in [5, 5.41) is 3.55. The van der Waals surface area contributed by atoms with Gasteiger partial charge in [-0.15, -0.1) is 0 Å². The van der Waals surface area contributed by atoms with Crippen molar-refractivity contribution in [2.24, 2.45) is 0 Å². The highest BCUT2D eigenvalue weighted by Gasteiger charge is 2.12. The summed E-state index contributed by atoms with van der Waals surface area (Å²) in [6.07, 6.45) is 1.25. The van der Waals surface area contributed by atoms with E-state index in [4.69, 9.17) is 0 Å². The molecule has 3 nitrogen and oxygen atoms in total. The van der Waals surface area contributed by atoms with Crippen LogP contribution in [0.3, 0.4) is 0 Å². The van der Waals surface area contributed by atoms with Gasteiger partial charge in [-0.2, -0.15) is 0 Å². The van der Waals surface area contributed by atoms with Crippen molar-refractivity contribution in [2.45, 2.75) is 19.9 Å². The van der Waals surface area contributed by atoms with Gasteiger partial charge in [-0.3, -0.25) is 0 Å². The molecule has 0 spiro atoms. The van der Waals surface area contributed by atoms with E-state index in [0.717, 1.165) is 13.1 Å². The molecule has 2 rings (SSSR count). The first-order chi connectivity index (χ1) is 9.25. The quantitative estimate of drug-likeness (QED) is 0.787. The molecule has 0 atom stereocenters. The molecule has 0 aliphatic carbocycles. The van der Waals surface area contributed by atoms with Crippen LogP contribution < -0.4 is 5.32 Å². The Hall–Kier alpha value is -0.900. The second-order valence-corrected chi connectivity index (χ2v) is 5.60. The summed E-state index contributed by atoms with van der Waals surface area (Å²) in [4.78, 5) is 4.99. The minimum absolute atomic E-state index is 0.995. The normalized spacial score (nSPS) is 17.8. The third-order valence-corrected chi connectivity index (χ3v) is 4.00. The average Bonchev–Trinajstić information content (AvgIpc) is 2.42. The maximum atomic E-state index is 3.55. The Bertz CT molecular complexity index is 370. The molecular formula is C16H27N3. The number of nitrogens with zero attached hydrogens (tertiary/aromatic N) is 2. The highest BCUT2D eigenvalue weighted by Crippen LogP contribution is 2.06. The van der Waals surface area contributed by atoms with Crippen LogP contribution in [0.2, 0.25) is 0 Å². The van der Waals surface area contributed by atoms with Crippen molar-refractivity contribution in [1.29, 1.82) is 0 Å². The second-order valence-electron chi connectivity index (χ2n) is 5.60. The number of benzene rings is 1. The van der Waals surface area contributed by atoms with Crippen LogP contribution in [-0.2, 0) is 6.54 Å². The molecule has 0 radical (unpaired) electrons. The summed E-state index contributed by atoms with van der Waals surface area (Å²) >= 11 is 0. The van der Waals surface area contributed by atoms with E-state index in [0.29, 0.717) is 0 Å². The molecule has 0 aromatic heterocycles. The first-order valence-electron chi connectivity index (χ1n) is 7.42. The highest BCUT2D eigenvalue weighted by molar-refractivity contribution is 5.25. The average molecular weight is 261 g/mol. The topological polar surface area (TPSA) is 18.5 Å². The van der Waals surface area contributed by atoms with E-state index < -0.39 is 0 Å². The minimum Gasteiger partial charge on any atom is -0.313 e. The largest absolute Gasteiger partial charge is 0.313 e. The summed E-state index contributed by atoms with van der Waals surface area (Å²) in [5.41, 5.74) is 2.80. The Balaban J connectivity index is 1.56. The number of likely N-dealkylation sites (N-methyl/N-ethyl adjacent to an activating group) is 1. The van der Waals surface area contributed by atoms with Crippen molar-refractivity contribution in [3.05, 3.63) is 35.4 Å². The van der Waals surface area contributed by atoms with Gasteiger partial charge in [-0.25, -0.2) is 0 Å². The van der Waals surface area contributed by atoms with Crippen molar-refractivity contribution in [2.75, 3.05) is 46.3 Å². The monoisotopic (exact) mass is 261 g/mol. The molecule has 1 aliphatic rings. The molecule has 0 saturated carbocycles. The number of hydrogen-bond acceptors (Lipinski definition) is 3. The van der Waals surface area contributed by atoms with Crippen LogP contribution in [0.15, 0.2) is 24.3 Å². The fourth-order valence-corrected chi connectivity index (χ4v) is 2.53. The molecule has 19 heavy (non-hydrogen) atoms. The van der Waals surface area contributed by atoms with Gasteiger partial charge in [-0.1, -0.05) is 24.3 Å². The molecule has 1 saturated heterocycles. The van der Waals surface area contributed by atoms with Crippen LogP contribution in [0.25, 0.3) is 0 Å². The SMILES string of the molecule is Cc1ccccc1CNCCCN1CCN(C)CC1. The lowest BCUT2D eigenvalue weighted by atomic mass is 10.1. The number of rotatable bonds is 6. The Labute approximate surface area is 117 Å². The summed E-state index contributed by atoms with van der Waals surface area (Å²) in [6, 6.07) is 8.62. The van der Waals surface area contributed by atoms with Gasteiger partial charge in [0.05, 0.1) is 0 Å². The maximum Gasteiger partial charge on any atom is 0.0208 e. The molecule has 0 bridgehead atoms. The number of hydrogen-bond donors (Lipinski definition) is 1. The standard InChI is InChI=1S/C16H27N3/c1-15-6-3-4-7-16(15)14-17-8-5-9-19-12-10-18(2)11-13-19/h3-4,6-7,17H,5,8-14H2,1-2H3. The Morgan fingerprint density at radius 2 is 1.84 bits per heavy atom. The third-order valence-electron chi connectivity index (χ3n) is 4.00. The van der Waals surface area contributed by atoms with Crippen molar-refractivity contribution in [3.63, 3.8) is 0 Å². The van der Waals surface area contributed by atoms with Crippen molar-refractivity contribution >= 4 is 0 Å². The first-order valence-corrected chi connectivity index (χ1v) is 7.42. The van der Waals surface area contributed by atoms with Gasteiger partial charge in [0, 0.05) is 32.7 Å². The number of nitrogens with one attached hydrogen (secondary N) is 1. The Kier molecular flexibility index (Phi) is 5.83. The van der Waals surface area contributed by atoms with Crippen molar-refractivity contribution < 1.29 is 0 Å². The lowest BCUT2D eigenvalue weighted by molar-refractivity contribution is 0.153. The van der Waals surface area contributed by atoms with E-state index in [2.05, 4.69) is 53.4 Å². The van der Waals surface area contributed by atoms with Crippen molar-refractivity contribution in [3.8, 4) is 0 Å². The van der Waals surface area contributed by atoms with Crippen LogP contribution >= 0.6 is 0 Å². The molecule has 3 heteroatoms. The van der Waals surface area contributed by atoms with E-state index in [9.17, 15) is 0 Å². The Morgan fingerprint density at radius 1 is 1.11 bits per heavy atom. The van der Waals surface area contributed by atoms with Gasteiger partial charge in [0.25, 0.3) is 0 Å². The molecule has 1 aromatic carbocycles. The highest BCUT2D eigenvalue weighted by atomic mass is 15.2. The van der Waals surface area contributed by atoms with Crippen LogP contribution in [0.5, 0.6) is 0 Å². The zero-order chi connectivity index (χ0) is 13.5. The summed E-state index contributed by atoms with van der Waals surface area (Å²) in [7, 11) is 2.21. The molecule has 1 aliphatic heterocycles. The van der Waals surface area contributed by atoms with E-state index in [1.54, 1.807) is 0 Å². The van der Waals surface area contributed by atoms with Gasteiger partial charge in [0.1, 0.15) is 0 Å². The summed E-state index contributed by atoms with van der Waals surface area (Å²) in [6.45, 7) is 10.4. The number of aryl methyl sites for hydroxylation is 1. The zero-order valence-corrected chi connectivity index (χ0v) is 12.4. The summed E-state index contributed by atoms with van der Waals surface area (Å²) < 4.78 is 0. The van der Waals surface area contributed by atoms with Gasteiger partial charge >= 0.3 is 0 Å². The van der Waals surface area contributed by atoms with E-state index in [1.807, 2.05) is 0 Å². The summed E-state index contributed by atoms with van der Waals surface area (Å²) in [5.74, 6) is 0. The zero-order valence-electron chi connectivity index (χ0n) is 12.4. The predicted octanol–water partition coefficient (Wildman–Crippen LogP) is 1.72. The fraction of sp³-hybridized carbons (Fsp3) is 0.625. The van der Waals surface area contributed by atoms with Gasteiger partial charge < -0.3 is 15.1 Å². The first kappa shape index (κ1) is 14.5. The van der Waals surface area contributed by atoms with Crippen LogP contribution in [0, 0.1) is 6.92 Å². The molecule has 1 fully saturated rings. The minimum atomic E-state index is 0.995. The van der Waals surface area contributed by atoms with Gasteiger partial charge in [-0.05, 0) is 44.6 Å². The van der Waals surface area contributed by atoms with E-state index in [-0.39, 0.29) is 0 Å². The van der Waals surface area contributed by atoms with Crippen molar-refractivity contribution in [1.82, 2.24) is 15.1 Å². The molecule has 0 amide bonds. The van der Waals surface area contributed by atoms with Crippen LogP contribution in [0.4, 0.5) is 0 Å². The van der Waals surface area contributed by atoms with Gasteiger partial charge in [0.15, 0.2) is 0 Å². The number of piperazine rings is 1. The lowest BCUT2D eigenvalue weighted by Gasteiger charge is -2.32. The predicted molar refractivity (Wildman–Crippen MR) is 81.4 cm³/mol. The van der Waals surface area contributed by atoms with E-state index >= 15 is 0 Å². The maximum absolute atomic E-state index is 3.55. The molecule has 1 aromatic rings. The fourth-order valence-electron chi connectivity index (χ4n) is 2.53. The lowest BCUT2D eigenvalue weighted by Crippen LogP contribution is -2.45. The van der Waals surface area contributed by atoms with Crippen LogP contribution in [-0.4, -0.2) is 56.1 Å². The molecule has 1 N–H and O–H groups in total. The molecular weight excluding hydrogens is 234 g/mol. The Morgan fingerprint density at radius 3 is 2.58 bits per heavy atom. The molecule has 1 heterocycles. The third kappa shape index (κ3) is 4.94. The van der Waals surface area contributed by atoms with Gasteiger partial charge in [0.2, 0.25) is 0 Å². The smallest absolute Gasteiger partial charge is 0.0208 e. The van der Waals surface area contributed by atoms with E-state index in [1.165, 1.54) is 50.3 Å².